The van der Waals surface area contributed by atoms with E-state index in [0.717, 1.165) is 33.6 Å². The van der Waals surface area contributed by atoms with Crippen molar-refractivity contribution in [2.24, 2.45) is 0 Å². The Morgan fingerprint density at radius 3 is 2.70 bits per heavy atom. The number of carbonyl (C=O) groups is 1. The van der Waals surface area contributed by atoms with Crippen molar-refractivity contribution < 1.29 is 17.6 Å². The number of hydrogen-bond acceptors (Lipinski definition) is 3. The van der Waals surface area contributed by atoms with Gasteiger partial charge in [-0.05, 0) is 42.5 Å². The molecule has 27 heavy (non-hydrogen) atoms. The van der Waals surface area contributed by atoms with Gasteiger partial charge in [0.1, 0.15) is 5.82 Å². The number of H-pyrrole nitrogens is 1. The molecule has 0 saturated carbocycles. The lowest BCUT2D eigenvalue weighted by molar-refractivity contribution is 0.182. The number of nitrogens with zero attached hydrogens (tertiary/aromatic N) is 2. The fourth-order valence-corrected chi connectivity index (χ4v) is 4.15. The number of fused-ring (bicyclic) bond motifs is 1. The number of sulfonamides is 1. The molecule has 1 fully saturated rings. The number of hydrogen-bond donors (Lipinski definition) is 2. The van der Waals surface area contributed by atoms with Gasteiger partial charge in [-0.25, -0.2) is 21.9 Å². The van der Waals surface area contributed by atoms with Crippen molar-refractivity contribution >= 4 is 27.0 Å². The summed E-state index contributed by atoms with van der Waals surface area (Å²) in [7, 11) is -0.380. The molecule has 2 N–H and O–H groups in total. The van der Waals surface area contributed by atoms with E-state index < -0.39 is 10.0 Å². The Hall–Kier alpha value is -2.13. The van der Waals surface area contributed by atoms with Crippen LogP contribution in [0.3, 0.4) is 0 Å². The van der Waals surface area contributed by atoms with Gasteiger partial charge in [-0.15, -0.1) is 0 Å². The van der Waals surface area contributed by atoms with Crippen molar-refractivity contribution in [2.45, 2.75) is 18.8 Å². The molecule has 1 aliphatic heterocycles. The van der Waals surface area contributed by atoms with Crippen LogP contribution in [0.2, 0.25) is 0 Å². The number of piperidine rings is 1. The maximum atomic E-state index is 13.6. The van der Waals surface area contributed by atoms with E-state index in [2.05, 4.69) is 10.3 Å². The summed E-state index contributed by atoms with van der Waals surface area (Å²) in [5.74, 6) is -0.116. The average molecular weight is 396 g/mol. The second-order valence-electron chi connectivity index (χ2n) is 7.03. The molecule has 148 valence electrons. The Morgan fingerprint density at radius 1 is 1.33 bits per heavy atom. The predicted molar refractivity (Wildman–Crippen MR) is 103 cm³/mol. The van der Waals surface area contributed by atoms with E-state index in [4.69, 9.17) is 0 Å². The summed E-state index contributed by atoms with van der Waals surface area (Å²) in [4.78, 5) is 17.1. The van der Waals surface area contributed by atoms with Crippen molar-refractivity contribution in [1.82, 2.24) is 19.5 Å². The topological polar surface area (TPSA) is 85.5 Å². The second kappa shape index (κ2) is 7.85. The van der Waals surface area contributed by atoms with E-state index in [1.54, 1.807) is 17.0 Å². The van der Waals surface area contributed by atoms with Gasteiger partial charge in [0.05, 0.1) is 5.75 Å². The first-order valence-electron chi connectivity index (χ1n) is 8.97. The number of rotatable bonds is 5. The standard InChI is InChI=1S/C18H25FN4O3S/c1-22(2)27(25,26)10-7-20-18(24)23-8-5-13(6-9-23)16-12-21-17-4-3-14(19)11-15(16)17/h3-4,11-13,21H,5-10H2,1-2H3,(H,20,24). The lowest BCUT2D eigenvalue weighted by atomic mass is 9.89. The van der Waals surface area contributed by atoms with Gasteiger partial charge in [-0.3, -0.25) is 0 Å². The van der Waals surface area contributed by atoms with Crippen LogP contribution >= 0.6 is 0 Å². The normalized spacial score (nSPS) is 16.2. The number of likely N-dealkylation sites (tertiary alicyclic amines) is 1. The molecule has 2 heterocycles. The van der Waals surface area contributed by atoms with Crippen LogP contribution in [0, 0.1) is 5.82 Å². The summed E-state index contributed by atoms with van der Waals surface area (Å²) >= 11 is 0. The second-order valence-corrected chi connectivity index (χ2v) is 9.33. The molecule has 7 nitrogen and oxygen atoms in total. The number of carbonyl (C=O) groups excluding carboxylic acids is 1. The van der Waals surface area contributed by atoms with Crippen molar-refractivity contribution in [3.63, 3.8) is 0 Å². The van der Waals surface area contributed by atoms with Crippen LogP contribution in [0.5, 0.6) is 0 Å². The maximum absolute atomic E-state index is 13.6. The third-order valence-electron chi connectivity index (χ3n) is 5.09. The maximum Gasteiger partial charge on any atom is 0.317 e. The molecule has 0 unspecified atom stereocenters. The highest BCUT2D eigenvalue weighted by Gasteiger charge is 2.25. The van der Waals surface area contributed by atoms with Crippen LogP contribution in [-0.4, -0.2) is 68.1 Å². The lowest BCUT2D eigenvalue weighted by Crippen LogP contribution is -2.45. The molecule has 2 aromatic rings. The molecule has 1 aliphatic rings. The average Bonchev–Trinajstić information content (AvgIpc) is 3.04. The fourth-order valence-electron chi connectivity index (χ4n) is 3.43. The van der Waals surface area contributed by atoms with E-state index in [0.29, 0.717) is 13.1 Å². The third-order valence-corrected chi connectivity index (χ3v) is 6.92. The number of urea groups is 1. The van der Waals surface area contributed by atoms with Crippen LogP contribution in [0.25, 0.3) is 10.9 Å². The molecule has 1 aromatic carbocycles. The minimum Gasteiger partial charge on any atom is -0.361 e. The zero-order valence-electron chi connectivity index (χ0n) is 15.5. The summed E-state index contributed by atoms with van der Waals surface area (Å²) in [6, 6.07) is 4.48. The molecule has 0 atom stereocenters. The van der Waals surface area contributed by atoms with Crippen LogP contribution in [0.1, 0.15) is 24.3 Å². The number of amides is 2. The number of aromatic nitrogens is 1. The summed E-state index contributed by atoms with van der Waals surface area (Å²) in [5, 5.41) is 3.57. The Bertz CT molecular complexity index is 918. The third kappa shape index (κ3) is 4.41. The monoisotopic (exact) mass is 396 g/mol. The first-order chi connectivity index (χ1) is 12.8. The zero-order chi connectivity index (χ0) is 19.6. The lowest BCUT2D eigenvalue weighted by Gasteiger charge is -2.32. The summed E-state index contributed by atoms with van der Waals surface area (Å²) in [6.07, 6.45) is 3.50. The minimum absolute atomic E-state index is 0.0843. The highest BCUT2D eigenvalue weighted by molar-refractivity contribution is 7.89. The molecular weight excluding hydrogens is 371 g/mol. The highest BCUT2D eigenvalue weighted by atomic mass is 32.2. The summed E-state index contributed by atoms with van der Waals surface area (Å²) < 4.78 is 38.2. The van der Waals surface area contributed by atoms with Crippen LogP contribution < -0.4 is 5.32 Å². The van der Waals surface area contributed by atoms with E-state index in [9.17, 15) is 17.6 Å². The van der Waals surface area contributed by atoms with Crippen molar-refractivity contribution in [2.75, 3.05) is 39.5 Å². The molecule has 1 aromatic heterocycles. The van der Waals surface area contributed by atoms with Crippen LogP contribution in [-0.2, 0) is 10.0 Å². The number of nitrogens with one attached hydrogen (secondary N) is 2. The smallest absolute Gasteiger partial charge is 0.317 e. The summed E-state index contributed by atoms with van der Waals surface area (Å²) in [6.45, 7) is 1.25. The number of benzene rings is 1. The first kappa shape index (κ1) is 19.6. The molecule has 3 rings (SSSR count). The molecule has 9 heteroatoms. The van der Waals surface area contributed by atoms with Gasteiger partial charge in [-0.1, -0.05) is 0 Å². The van der Waals surface area contributed by atoms with E-state index in [-0.39, 0.29) is 30.1 Å². The highest BCUT2D eigenvalue weighted by Crippen LogP contribution is 2.33. The first-order valence-corrected chi connectivity index (χ1v) is 10.6. The SMILES string of the molecule is CN(C)S(=O)(=O)CCNC(=O)N1CCC(c2c[nH]c3ccc(F)cc23)CC1. The fraction of sp³-hybridized carbons (Fsp3) is 0.500. The van der Waals surface area contributed by atoms with Gasteiger partial charge in [0.15, 0.2) is 0 Å². The van der Waals surface area contributed by atoms with Crippen molar-refractivity contribution in [3.8, 4) is 0 Å². The minimum atomic E-state index is -3.32. The molecule has 0 radical (unpaired) electrons. The molecule has 0 bridgehead atoms. The Morgan fingerprint density at radius 2 is 2.04 bits per heavy atom. The van der Waals surface area contributed by atoms with E-state index >= 15 is 0 Å². The Labute approximate surface area is 158 Å². The molecular formula is C18H25FN4O3S. The molecule has 2 amide bonds. The van der Waals surface area contributed by atoms with Gasteiger partial charge in [-0.2, -0.15) is 0 Å². The van der Waals surface area contributed by atoms with Crippen molar-refractivity contribution in [3.05, 3.63) is 35.8 Å². The van der Waals surface area contributed by atoms with Gasteiger partial charge in [0.2, 0.25) is 10.0 Å². The van der Waals surface area contributed by atoms with Gasteiger partial charge in [0.25, 0.3) is 0 Å². The zero-order valence-corrected chi connectivity index (χ0v) is 16.4. The number of aromatic amines is 1. The van der Waals surface area contributed by atoms with E-state index in [1.807, 2.05) is 6.20 Å². The Balaban J connectivity index is 1.54. The molecule has 0 aliphatic carbocycles. The molecule has 0 spiro atoms. The summed E-state index contributed by atoms with van der Waals surface area (Å²) in [5.41, 5.74) is 2.00. The van der Waals surface area contributed by atoms with Crippen molar-refractivity contribution in [1.29, 1.82) is 0 Å². The van der Waals surface area contributed by atoms with Crippen LogP contribution in [0.4, 0.5) is 9.18 Å². The number of halogens is 1. The Kier molecular flexibility index (Phi) is 5.71. The van der Waals surface area contributed by atoms with E-state index in [1.165, 1.54) is 20.2 Å². The van der Waals surface area contributed by atoms with Gasteiger partial charge >= 0.3 is 6.03 Å². The van der Waals surface area contributed by atoms with Crippen LogP contribution in [0.15, 0.2) is 24.4 Å². The molecule has 1 saturated heterocycles. The van der Waals surface area contributed by atoms with Gasteiger partial charge < -0.3 is 15.2 Å². The quantitative estimate of drug-likeness (QED) is 0.812. The van der Waals surface area contributed by atoms with Gasteiger partial charge in [0, 0.05) is 50.8 Å². The largest absolute Gasteiger partial charge is 0.361 e. The predicted octanol–water partition coefficient (Wildman–Crippen LogP) is 2.09.